The van der Waals surface area contributed by atoms with Gasteiger partial charge in [-0.25, -0.2) is 4.98 Å². The lowest BCUT2D eigenvalue weighted by Gasteiger charge is -2.33. The summed E-state index contributed by atoms with van der Waals surface area (Å²) in [6.07, 6.45) is 2.10. The average Bonchev–Trinajstić information content (AvgIpc) is 3.13. The average molecular weight is 352 g/mol. The molecule has 0 saturated carbocycles. The molecule has 7 nitrogen and oxygen atoms in total. The summed E-state index contributed by atoms with van der Waals surface area (Å²) >= 11 is 0. The SMILES string of the molecule is COc1ccc(CC(=O)N2CCN(c3nc4ncccc4o3)CC2)cc1. The van der Waals surface area contributed by atoms with Crippen LogP contribution >= 0.6 is 0 Å². The van der Waals surface area contributed by atoms with E-state index in [1.165, 1.54) is 0 Å². The van der Waals surface area contributed by atoms with Crippen molar-refractivity contribution >= 4 is 23.2 Å². The molecule has 1 aliphatic rings. The van der Waals surface area contributed by atoms with Crippen molar-refractivity contribution in [2.45, 2.75) is 6.42 Å². The number of amides is 1. The number of benzene rings is 1. The predicted octanol–water partition coefficient (Wildman–Crippen LogP) is 2.12. The topological polar surface area (TPSA) is 71.7 Å². The summed E-state index contributed by atoms with van der Waals surface area (Å²) in [5.74, 6) is 0.927. The van der Waals surface area contributed by atoms with Crippen LogP contribution in [0.4, 0.5) is 6.01 Å². The predicted molar refractivity (Wildman–Crippen MR) is 97.3 cm³/mol. The van der Waals surface area contributed by atoms with E-state index >= 15 is 0 Å². The number of aromatic nitrogens is 2. The number of hydrogen-bond acceptors (Lipinski definition) is 6. The third-order valence-electron chi connectivity index (χ3n) is 4.57. The number of nitrogens with zero attached hydrogens (tertiary/aromatic N) is 4. The third kappa shape index (κ3) is 3.33. The van der Waals surface area contributed by atoms with E-state index < -0.39 is 0 Å². The molecule has 0 aliphatic carbocycles. The number of anilines is 1. The van der Waals surface area contributed by atoms with Gasteiger partial charge < -0.3 is 19.0 Å². The summed E-state index contributed by atoms with van der Waals surface area (Å²) in [6, 6.07) is 11.9. The summed E-state index contributed by atoms with van der Waals surface area (Å²) in [7, 11) is 1.63. The Hall–Kier alpha value is -3.09. The van der Waals surface area contributed by atoms with Crippen LogP contribution in [0.25, 0.3) is 11.2 Å². The minimum absolute atomic E-state index is 0.133. The van der Waals surface area contributed by atoms with E-state index in [2.05, 4.69) is 14.9 Å². The Labute approximate surface area is 151 Å². The maximum atomic E-state index is 12.5. The van der Waals surface area contributed by atoms with E-state index in [9.17, 15) is 4.79 Å². The van der Waals surface area contributed by atoms with Crippen LogP contribution in [0.1, 0.15) is 5.56 Å². The molecule has 1 amide bonds. The molecule has 0 radical (unpaired) electrons. The Morgan fingerprint density at radius 3 is 2.62 bits per heavy atom. The Balaban J connectivity index is 1.35. The molecule has 0 atom stereocenters. The zero-order valence-electron chi connectivity index (χ0n) is 14.6. The van der Waals surface area contributed by atoms with Gasteiger partial charge in [-0.15, -0.1) is 0 Å². The maximum absolute atomic E-state index is 12.5. The second-order valence-corrected chi connectivity index (χ2v) is 6.21. The van der Waals surface area contributed by atoms with Crippen LogP contribution in [-0.2, 0) is 11.2 Å². The summed E-state index contributed by atoms with van der Waals surface area (Å²) in [4.78, 5) is 25.1. The van der Waals surface area contributed by atoms with Gasteiger partial charge >= 0.3 is 0 Å². The Kier molecular flexibility index (Phi) is 4.43. The smallest absolute Gasteiger partial charge is 0.300 e. The third-order valence-corrected chi connectivity index (χ3v) is 4.57. The van der Waals surface area contributed by atoms with Crippen molar-refractivity contribution in [2.24, 2.45) is 0 Å². The highest BCUT2D eigenvalue weighted by molar-refractivity contribution is 5.79. The molecule has 0 bridgehead atoms. The number of fused-ring (bicyclic) bond motifs is 1. The normalized spacial score (nSPS) is 14.7. The van der Waals surface area contributed by atoms with Crippen molar-refractivity contribution < 1.29 is 13.9 Å². The number of hydrogen-bond donors (Lipinski definition) is 0. The van der Waals surface area contributed by atoms with Crippen molar-refractivity contribution in [3.8, 4) is 5.75 Å². The van der Waals surface area contributed by atoms with Crippen molar-refractivity contribution in [2.75, 3.05) is 38.2 Å². The van der Waals surface area contributed by atoms with Gasteiger partial charge in [0.1, 0.15) is 5.75 Å². The van der Waals surface area contributed by atoms with Gasteiger partial charge in [-0.1, -0.05) is 12.1 Å². The molecule has 2 aromatic heterocycles. The van der Waals surface area contributed by atoms with E-state index in [-0.39, 0.29) is 5.91 Å². The molecule has 7 heteroatoms. The highest BCUT2D eigenvalue weighted by Crippen LogP contribution is 2.21. The second-order valence-electron chi connectivity index (χ2n) is 6.21. The molecule has 3 heterocycles. The van der Waals surface area contributed by atoms with Crippen molar-refractivity contribution in [3.05, 3.63) is 48.2 Å². The number of carbonyl (C=O) groups excluding carboxylic acids is 1. The van der Waals surface area contributed by atoms with E-state index in [0.29, 0.717) is 49.8 Å². The van der Waals surface area contributed by atoms with Crippen LogP contribution in [-0.4, -0.2) is 54.1 Å². The minimum Gasteiger partial charge on any atom is -0.497 e. The molecule has 26 heavy (non-hydrogen) atoms. The largest absolute Gasteiger partial charge is 0.497 e. The van der Waals surface area contributed by atoms with E-state index in [4.69, 9.17) is 9.15 Å². The fourth-order valence-electron chi connectivity index (χ4n) is 3.07. The fourth-order valence-corrected chi connectivity index (χ4v) is 3.07. The summed E-state index contributed by atoms with van der Waals surface area (Å²) in [5.41, 5.74) is 2.28. The summed E-state index contributed by atoms with van der Waals surface area (Å²) in [5, 5.41) is 0. The Bertz CT molecular complexity index is 866. The quantitative estimate of drug-likeness (QED) is 0.716. The lowest BCUT2D eigenvalue weighted by atomic mass is 10.1. The molecule has 0 spiro atoms. The first-order valence-corrected chi connectivity index (χ1v) is 8.60. The molecule has 0 N–H and O–H groups in total. The first-order chi connectivity index (χ1) is 12.7. The van der Waals surface area contributed by atoms with Crippen molar-refractivity contribution in [3.63, 3.8) is 0 Å². The van der Waals surface area contributed by atoms with E-state index in [0.717, 1.165) is 11.3 Å². The minimum atomic E-state index is 0.133. The fraction of sp³-hybridized carbons (Fsp3) is 0.316. The number of ether oxygens (including phenoxy) is 1. The lowest BCUT2D eigenvalue weighted by molar-refractivity contribution is -0.130. The van der Waals surface area contributed by atoms with Crippen molar-refractivity contribution in [1.82, 2.24) is 14.9 Å². The molecule has 1 aromatic carbocycles. The number of pyridine rings is 1. The molecule has 3 aromatic rings. The molecule has 1 fully saturated rings. The highest BCUT2D eigenvalue weighted by atomic mass is 16.5. The van der Waals surface area contributed by atoms with Gasteiger partial charge in [-0.05, 0) is 29.8 Å². The van der Waals surface area contributed by atoms with E-state index in [1.54, 1.807) is 13.3 Å². The van der Waals surface area contributed by atoms with Gasteiger partial charge in [-0.2, -0.15) is 4.98 Å². The van der Waals surface area contributed by atoms with Gasteiger partial charge in [0.05, 0.1) is 13.5 Å². The Morgan fingerprint density at radius 1 is 1.15 bits per heavy atom. The molecule has 134 valence electrons. The van der Waals surface area contributed by atoms with Crippen LogP contribution in [0, 0.1) is 0 Å². The first kappa shape index (κ1) is 16.4. The number of carbonyl (C=O) groups is 1. The van der Waals surface area contributed by atoms with Crippen LogP contribution < -0.4 is 9.64 Å². The molecule has 1 aliphatic heterocycles. The molecule has 1 saturated heterocycles. The first-order valence-electron chi connectivity index (χ1n) is 8.60. The monoisotopic (exact) mass is 352 g/mol. The van der Waals surface area contributed by atoms with Crippen LogP contribution in [0.3, 0.4) is 0 Å². The van der Waals surface area contributed by atoms with Crippen LogP contribution in [0.5, 0.6) is 5.75 Å². The molecule has 0 unspecified atom stereocenters. The lowest BCUT2D eigenvalue weighted by Crippen LogP contribution is -2.49. The van der Waals surface area contributed by atoms with Gasteiger partial charge in [0.2, 0.25) is 11.6 Å². The number of methoxy groups -OCH3 is 1. The van der Waals surface area contributed by atoms with Crippen LogP contribution in [0.15, 0.2) is 47.0 Å². The summed E-state index contributed by atoms with van der Waals surface area (Å²) in [6.45, 7) is 2.70. The number of oxazole rings is 1. The molecular weight excluding hydrogens is 332 g/mol. The zero-order chi connectivity index (χ0) is 17.9. The van der Waals surface area contributed by atoms with Gasteiger partial charge in [0.25, 0.3) is 6.01 Å². The zero-order valence-corrected chi connectivity index (χ0v) is 14.6. The molecular formula is C19H20N4O3. The highest BCUT2D eigenvalue weighted by Gasteiger charge is 2.24. The van der Waals surface area contributed by atoms with Crippen molar-refractivity contribution in [1.29, 1.82) is 0 Å². The number of rotatable bonds is 4. The van der Waals surface area contributed by atoms with E-state index in [1.807, 2.05) is 41.3 Å². The Morgan fingerprint density at radius 2 is 1.92 bits per heavy atom. The molecule has 4 rings (SSSR count). The van der Waals surface area contributed by atoms with Crippen LogP contribution in [0.2, 0.25) is 0 Å². The number of piperazine rings is 1. The van der Waals surface area contributed by atoms with Gasteiger partial charge in [0.15, 0.2) is 5.58 Å². The second kappa shape index (κ2) is 7.03. The summed E-state index contributed by atoms with van der Waals surface area (Å²) < 4.78 is 10.9. The van der Waals surface area contributed by atoms with Gasteiger partial charge in [0, 0.05) is 32.4 Å². The maximum Gasteiger partial charge on any atom is 0.300 e. The standard InChI is InChI=1S/C19H20N4O3/c1-25-15-6-4-14(5-7-15)13-17(24)22-9-11-23(12-10-22)19-21-18-16(26-19)3-2-8-20-18/h2-8H,9-13H2,1H3. The van der Waals surface area contributed by atoms with Gasteiger partial charge in [-0.3, -0.25) is 4.79 Å².